The van der Waals surface area contributed by atoms with Crippen molar-refractivity contribution in [3.8, 4) is 5.75 Å². The van der Waals surface area contributed by atoms with E-state index in [1.54, 1.807) is 17.0 Å². The van der Waals surface area contributed by atoms with Gasteiger partial charge in [0.15, 0.2) is 6.10 Å². The highest BCUT2D eigenvalue weighted by molar-refractivity contribution is 5.95. The molecule has 8 heteroatoms. The molecule has 1 N–H and O–H groups in total. The quantitative estimate of drug-likeness (QED) is 0.833. The molecule has 30 heavy (non-hydrogen) atoms. The predicted molar refractivity (Wildman–Crippen MR) is 108 cm³/mol. The molecule has 0 saturated carbocycles. The van der Waals surface area contributed by atoms with Gasteiger partial charge in [-0.3, -0.25) is 9.59 Å². The Kier molecular flexibility index (Phi) is 5.83. The van der Waals surface area contributed by atoms with Gasteiger partial charge in [0, 0.05) is 24.8 Å². The molecule has 2 aliphatic heterocycles. The minimum absolute atomic E-state index is 0.0417. The molecule has 0 bridgehead atoms. The molecule has 2 aromatic carbocycles. The van der Waals surface area contributed by atoms with Crippen LogP contribution in [0, 0.1) is 11.6 Å². The molecule has 1 atom stereocenters. The van der Waals surface area contributed by atoms with Gasteiger partial charge in [0.1, 0.15) is 17.4 Å². The first-order valence-corrected chi connectivity index (χ1v) is 10.0. The first-order valence-electron chi connectivity index (χ1n) is 10.0. The molecule has 0 aliphatic carbocycles. The first-order chi connectivity index (χ1) is 14.5. The van der Waals surface area contributed by atoms with E-state index < -0.39 is 23.6 Å². The summed E-state index contributed by atoms with van der Waals surface area (Å²) in [7, 11) is 0. The fourth-order valence-corrected chi connectivity index (χ4v) is 3.90. The average molecular weight is 415 g/mol. The number of hydrogen-bond donors (Lipinski definition) is 1. The van der Waals surface area contributed by atoms with Crippen LogP contribution in [0.2, 0.25) is 0 Å². The number of fused-ring (bicyclic) bond motifs is 1. The molecule has 2 amide bonds. The molecular formula is C22H23F2N3O3. The highest BCUT2D eigenvalue weighted by Gasteiger charge is 2.34. The van der Waals surface area contributed by atoms with Crippen molar-refractivity contribution in [2.75, 3.05) is 36.4 Å². The lowest BCUT2D eigenvalue weighted by Crippen LogP contribution is -2.52. The average Bonchev–Trinajstić information content (AvgIpc) is 2.73. The van der Waals surface area contributed by atoms with Crippen molar-refractivity contribution in [3.05, 3.63) is 54.1 Å². The number of para-hydroxylation sites is 2. The number of piperidine rings is 1. The van der Waals surface area contributed by atoms with Crippen LogP contribution < -0.4 is 15.0 Å². The molecule has 1 fully saturated rings. The second-order valence-electron chi connectivity index (χ2n) is 7.55. The van der Waals surface area contributed by atoms with Crippen molar-refractivity contribution in [1.29, 1.82) is 0 Å². The molecule has 2 aliphatic rings. The second kappa shape index (κ2) is 8.69. The molecule has 6 nitrogen and oxygen atoms in total. The SMILES string of the molecule is O=C(CN1C[C@H](C(=O)N2CCCCC2)Oc2ccccc21)Nc1cc(F)cc(F)c1. The van der Waals surface area contributed by atoms with Crippen LogP contribution in [0.25, 0.3) is 0 Å². The molecule has 2 heterocycles. The van der Waals surface area contributed by atoms with Crippen LogP contribution in [0.5, 0.6) is 5.75 Å². The summed E-state index contributed by atoms with van der Waals surface area (Å²) in [6.07, 6.45) is 2.36. The fraction of sp³-hybridized carbons (Fsp3) is 0.364. The summed E-state index contributed by atoms with van der Waals surface area (Å²) in [4.78, 5) is 29.1. The number of nitrogens with one attached hydrogen (secondary N) is 1. The minimum atomic E-state index is -0.769. The van der Waals surface area contributed by atoms with Crippen molar-refractivity contribution in [2.45, 2.75) is 25.4 Å². The third-order valence-electron chi connectivity index (χ3n) is 5.29. The van der Waals surface area contributed by atoms with E-state index in [2.05, 4.69) is 5.32 Å². The van der Waals surface area contributed by atoms with E-state index in [4.69, 9.17) is 4.74 Å². The van der Waals surface area contributed by atoms with E-state index in [1.165, 1.54) is 0 Å². The van der Waals surface area contributed by atoms with Crippen LogP contribution in [-0.4, -0.2) is 49.0 Å². The van der Waals surface area contributed by atoms with Crippen molar-refractivity contribution in [3.63, 3.8) is 0 Å². The highest BCUT2D eigenvalue weighted by atomic mass is 19.1. The summed E-state index contributed by atoms with van der Waals surface area (Å²) in [5.74, 6) is -1.53. The lowest BCUT2D eigenvalue weighted by atomic mass is 10.1. The van der Waals surface area contributed by atoms with Gasteiger partial charge in [-0.1, -0.05) is 12.1 Å². The standard InChI is InChI=1S/C22H23F2N3O3/c23-15-10-16(24)12-17(11-15)25-21(28)14-27-13-20(22(29)26-8-4-1-5-9-26)30-19-7-3-2-6-18(19)27/h2-3,6-7,10-12,20H,1,4-5,8-9,13-14H2,(H,25,28)/t20-/m1/s1. The van der Waals surface area contributed by atoms with Gasteiger partial charge in [0.05, 0.1) is 18.8 Å². The highest BCUT2D eigenvalue weighted by Crippen LogP contribution is 2.33. The van der Waals surface area contributed by atoms with Crippen molar-refractivity contribution in [2.24, 2.45) is 0 Å². The number of anilines is 2. The molecule has 2 aromatic rings. The number of amides is 2. The van der Waals surface area contributed by atoms with Gasteiger partial charge in [0.2, 0.25) is 5.91 Å². The molecule has 0 unspecified atom stereocenters. The minimum Gasteiger partial charge on any atom is -0.477 e. The second-order valence-corrected chi connectivity index (χ2v) is 7.55. The van der Waals surface area contributed by atoms with Gasteiger partial charge in [-0.05, 0) is 43.5 Å². The number of carbonyl (C=O) groups excluding carboxylic acids is 2. The third kappa shape index (κ3) is 4.53. The lowest BCUT2D eigenvalue weighted by Gasteiger charge is -2.38. The number of carbonyl (C=O) groups is 2. The van der Waals surface area contributed by atoms with Gasteiger partial charge >= 0.3 is 0 Å². The molecule has 0 radical (unpaired) electrons. The first kappa shape index (κ1) is 20.1. The Bertz CT molecular complexity index is 927. The van der Waals surface area contributed by atoms with E-state index in [0.717, 1.165) is 37.5 Å². The maximum Gasteiger partial charge on any atom is 0.265 e. The Balaban J connectivity index is 1.49. The Morgan fingerprint density at radius 2 is 1.73 bits per heavy atom. The Morgan fingerprint density at radius 3 is 2.47 bits per heavy atom. The normalized spacial score (nSPS) is 18.4. The number of ether oxygens (including phenoxy) is 1. The van der Waals surface area contributed by atoms with E-state index in [-0.39, 0.29) is 24.7 Å². The van der Waals surface area contributed by atoms with E-state index in [1.807, 2.05) is 17.0 Å². The van der Waals surface area contributed by atoms with Crippen molar-refractivity contribution >= 4 is 23.2 Å². The summed E-state index contributed by atoms with van der Waals surface area (Å²) in [5.41, 5.74) is 0.737. The zero-order valence-corrected chi connectivity index (χ0v) is 16.4. The number of likely N-dealkylation sites (tertiary alicyclic amines) is 1. The summed E-state index contributed by atoms with van der Waals surface area (Å²) < 4.78 is 32.7. The Labute approximate surface area is 173 Å². The molecule has 4 rings (SSSR count). The van der Waals surface area contributed by atoms with Crippen LogP contribution in [0.4, 0.5) is 20.2 Å². The molecule has 158 valence electrons. The van der Waals surface area contributed by atoms with Crippen LogP contribution in [0.1, 0.15) is 19.3 Å². The Hall–Kier alpha value is -3.16. The monoisotopic (exact) mass is 415 g/mol. The topological polar surface area (TPSA) is 61.9 Å². The van der Waals surface area contributed by atoms with Gasteiger partial charge in [-0.25, -0.2) is 8.78 Å². The van der Waals surface area contributed by atoms with Crippen molar-refractivity contribution in [1.82, 2.24) is 4.90 Å². The number of rotatable bonds is 4. The maximum atomic E-state index is 13.4. The largest absolute Gasteiger partial charge is 0.477 e. The van der Waals surface area contributed by atoms with Crippen LogP contribution in [0.15, 0.2) is 42.5 Å². The summed E-state index contributed by atoms with van der Waals surface area (Å²) >= 11 is 0. The number of nitrogens with zero attached hydrogens (tertiary/aromatic N) is 2. The van der Waals surface area contributed by atoms with Gasteiger partial charge in [0.25, 0.3) is 5.91 Å². The maximum absolute atomic E-state index is 13.4. The Morgan fingerprint density at radius 1 is 1.03 bits per heavy atom. The van der Waals surface area contributed by atoms with Crippen LogP contribution in [0.3, 0.4) is 0 Å². The third-order valence-corrected chi connectivity index (χ3v) is 5.29. The molecule has 0 spiro atoms. The molecule has 0 aromatic heterocycles. The van der Waals surface area contributed by atoms with Crippen LogP contribution >= 0.6 is 0 Å². The zero-order chi connectivity index (χ0) is 21.1. The summed E-state index contributed by atoms with van der Waals surface area (Å²) in [6, 6.07) is 10.0. The number of hydrogen-bond acceptors (Lipinski definition) is 4. The molecular weight excluding hydrogens is 392 g/mol. The summed E-state index contributed by atoms with van der Waals surface area (Å²) in [5, 5.41) is 2.51. The van der Waals surface area contributed by atoms with Crippen molar-refractivity contribution < 1.29 is 23.1 Å². The molecule has 1 saturated heterocycles. The number of benzene rings is 2. The lowest BCUT2D eigenvalue weighted by molar-refractivity contribution is -0.139. The fourth-order valence-electron chi connectivity index (χ4n) is 3.90. The predicted octanol–water partition coefficient (Wildman–Crippen LogP) is 3.18. The van der Waals surface area contributed by atoms with Gasteiger partial charge in [-0.15, -0.1) is 0 Å². The zero-order valence-electron chi connectivity index (χ0n) is 16.4. The van der Waals surface area contributed by atoms with Gasteiger partial charge < -0.3 is 19.9 Å². The van der Waals surface area contributed by atoms with E-state index in [9.17, 15) is 18.4 Å². The summed E-state index contributed by atoms with van der Waals surface area (Å²) in [6.45, 7) is 1.57. The smallest absolute Gasteiger partial charge is 0.265 e. The van der Waals surface area contributed by atoms with Gasteiger partial charge in [-0.2, -0.15) is 0 Å². The van der Waals surface area contributed by atoms with E-state index >= 15 is 0 Å². The van der Waals surface area contributed by atoms with E-state index in [0.29, 0.717) is 24.5 Å². The van der Waals surface area contributed by atoms with Crippen LogP contribution in [-0.2, 0) is 9.59 Å². The number of halogens is 2.